The number of hydrogen-bond acceptors (Lipinski definition) is 3. The zero-order chi connectivity index (χ0) is 14.5. The average molecular weight is 270 g/mol. The van der Waals surface area contributed by atoms with Gasteiger partial charge in [0.25, 0.3) is 0 Å². The molecule has 0 heterocycles. The van der Waals surface area contributed by atoms with E-state index >= 15 is 0 Å². The summed E-state index contributed by atoms with van der Waals surface area (Å²) >= 11 is 0. The minimum atomic E-state index is -0.00759. The molecule has 0 aromatic heterocycles. The second kappa shape index (κ2) is 6.44. The van der Waals surface area contributed by atoms with Crippen LogP contribution in [0.2, 0.25) is 0 Å². The van der Waals surface area contributed by atoms with Gasteiger partial charge in [0.1, 0.15) is 5.75 Å². The topological polar surface area (TPSA) is 38.5 Å². The van der Waals surface area contributed by atoms with Gasteiger partial charge in [0.05, 0.1) is 7.11 Å². The van der Waals surface area contributed by atoms with Crippen molar-refractivity contribution in [2.45, 2.75) is 13.0 Å². The van der Waals surface area contributed by atoms with Crippen molar-refractivity contribution in [3.8, 4) is 5.75 Å². The molecule has 0 spiro atoms. The lowest BCUT2D eigenvalue weighted by Crippen LogP contribution is -2.28. The summed E-state index contributed by atoms with van der Waals surface area (Å²) in [5, 5.41) is 0. The second-order valence-electron chi connectivity index (χ2n) is 5.10. The number of anilines is 1. The standard InChI is InChI=1S/C17H22N2O/c1-13-7-9-14(10-8-13)17(18)12-19(2)15-5-4-6-16(11-15)20-3/h4-11,17H,12,18H2,1-3H3. The molecule has 0 saturated carbocycles. The fraction of sp³-hybridized carbons (Fsp3) is 0.294. The van der Waals surface area contributed by atoms with Gasteiger partial charge in [-0.25, -0.2) is 0 Å². The fourth-order valence-electron chi connectivity index (χ4n) is 2.17. The third kappa shape index (κ3) is 3.52. The lowest BCUT2D eigenvalue weighted by molar-refractivity contribution is 0.415. The summed E-state index contributed by atoms with van der Waals surface area (Å²) in [6, 6.07) is 16.4. The van der Waals surface area contributed by atoms with Crippen molar-refractivity contribution in [2.75, 3.05) is 25.6 Å². The van der Waals surface area contributed by atoms with Gasteiger partial charge in [-0.3, -0.25) is 0 Å². The molecular formula is C17H22N2O. The zero-order valence-corrected chi connectivity index (χ0v) is 12.3. The van der Waals surface area contributed by atoms with Crippen molar-refractivity contribution < 1.29 is 4.74 Å². The van der Waals surface area contributed by atoms with Gasteiger partial charge in [0.15, 0.2) is 0 Å². The van der Waals surface area contributed by atoms with Crippen LogP contribution in [-0.4, -0.2) is 20.7 Å². The number of aryl methyl sites for hydroxylation is 1. The van der Waals surface area contributed by atoms with Crippen LogP contribution in [0.25, 0.3) is 0 Å². The predicted octanol–water partition coefficient (Wildman–Crippen LogP) is 3.14. The quantitative estimate of drug-likeness (QED) is 0.907. The number of hydrogen-bond donors (Lipinski definition) is 1. The summed E-state index contributed by atoms with van der Waals surface area (Å²) in [5.74, 6) is 0.859. The van der Waals surface area contributed by atoms with E-state index in [-0.39, 0.29) is 6.04 Å². The first-order valence-electron chi connectivity index (χ1n) is 6.77. The van der Waals surface area contributed by atoms with Crippen molar-refractivity contribution in [3.63, 3.8) is 0 Å². The van der Waals surface area contributed by atoms with E-state index in [0.717, 1.165) is 23.5 Å². The van der Waals surface area contributed by atoms with Gasteiger partial charge in [0.2, 0.25) is 0 Å². The van der Waals surface area contributed by atoms with Gasteiger partial charge in [-0.2, -0.15) is 0 Å². The maximum Gasteiger partial charge on any atom is 0.120 e. The SMILES string of the molecule is COc1cccc(N(C)CC(N)c2ccc(C)cc2)c1. The van der Waals surface area contributed by atoms with E-state index in [1.54, 1.807) is 7.11 Å². The van der Waals surface area contributed by atoms with Gasteiger partial charge in [0, 0.05) is 31.4 Å². The van der Waals surface area contributed by atoms with Crippen LogP contribution in [0.4, 0.5) is 5.69 Å². The van der Waals surface area contributed by atoms with Crippen molar-refractivity contribution in [1.29, 1.82) is 0 Å². The number of nitrogens with zero attached hydrogens (tertiary/aromatic N) is 1. The van der Waals surface area contributed by atoms with Crippen LogP contribution in [0.1, 0.15) is 17.2 Å². The molecule has 2 aromatic carbocycles. The van der Waals surface area contributed by atoms with Crippen LogP contribution in [-0.2, 0) is 0 Å². The first-order chi connectivity index (χ1) is 9.60. The largest absolute Gasteiger partial charge is 0.497 e. The first-order valence-corrected chi connectivity index (χ1v) is 6.77. The van der Waals surface area contributed by atoms with Crippen molar-refractivity contribution in [3.05, 3.63) is 59.7 Å². The minimum Gasteiger partial charge on any atom is -0.497 e. The van der Waals surface area contributed by atoms with Gasteiger partial charge in [-0.1, -0.05) is 35.9 Å². The average Bonchev–Trinajstić information content (AvgIpc) is 2.47. The highest BCUT2D eigenvalue weighted by atomic mass is 16.5. The minimum absolute atomic E-state index is 0.00759. The Hall–Kier alpha value is -2.00. The van der Waals surface area contributed by atoms with Crippen LogP contribution in [0.15, 0.2) is 48.5 Å². The summed E-state index contributed by atoms with van der Waals surface area (Å²) in [6.45, 7) is 2.84. The first kappa shape index (κ1) is 14.4. The summed E-state index contributed by atoms with van der Waals surface area (Å²) in [4.78, 5) is 2.15. The maximum atomic E-state index is 6.28. The summed E-state index contributed by atoms with van der Waals surface area (Å²) in [6.07, 6.45) is 0. The number of ether oxygens (including phenoxy) is 1. The van der Waals surface area contributed by atoms with E-state index in [4.69, 9.17) is 10.5 Å². The molecule has 2 aromatic rings. The van der Waals surface area contributed by atoms with Crippen molar-refractivity contribution in [2.24, 2.45) is 5.73 Å². The number of likely N-dealkylation sites (N-methyl/N-ethyl adjacent to an activating group) is 1. The molecule has 2 rings (SSSR count). The molecule has 0 radical (unpaired) electrons. The Morgan fingerprint density at radius 2 is 1.85 bits per heavy atom. The van der Waals surface area contributed by atoms with E-state index in [0.29, 0.717) is 0 Å². The Balaban J connectivity index is 2.06. The van der Waals surface area contributed by atoms with E-state index < -0.39 is 0 Å². The van der Waals surface area contributed by atoms with Crippen molar-refractivity contribution >= 4 is 5.69 Å². The third-order valence-corrected chi connectivity index (χ3v) is 3.47. The van der Waals surface area contributed by atoms with E-state index in [9.17, 15) is 0 Å². The molecule has 106 valence electrons. The highest BCUT2D eigenvalue weighted by molar-refractivity contribution is 5.50. The fourth-order valence-corrected chi connectivity index (χ4v) is 2.17. The lowest BCUT2D eigenvalue weighted by Gasteiger charge is -2.24. The molecule has 0 fully saturated rings. The Morgan fingerprint density at radius 3 is 2.50 bits per heavy atom. The Labute approximate surface area is 121 Å². The molecule has 1 atom stereocenters. The molecule has 0 bridgehead atoms. The number of nitrogens with two attached hydrogens (primary N) is 1. The molecule has 2 N–H and O–H groups in total. The molecule has 0 aliphatic rings. The van der Waals surface area contributed by atoms with Crippen LogP contribution < -0.4 is 15.4 Å². The maximum absolute atomic E-state index is 6.28. The molecule has 1 unspecified atom stereocenters. The van der Waals surface area contributed by atoms with Crippen LogP contribution >= 0.6 is 0 Å². The molecular weight excluding hydrogens is 248 g/mol. The van der Waals surface area contributed by atoms with Crippen LogP contribution in [0.5, 0.6) is 5.75 Å². The molecule has 3 heteroatoms. The molecule has 20 heavy (non-hydrogen) atoms. The summed E-state index contributed by atoms with van der Waals surface area (Å²) in [5.41, 5.74) is 9.79. The Kier molecular flexibility index (Phi) is 4.64. The summed E-state index contributed by atoms with van der Waals surface area (Å²) < 4.78 is 5.25. The number of benzene rings is 2. The van der Waals surface area contributed by atoms with E-state index in [1.807, 2.05) is 25.2 Å². The number of rotatable bonds is 5. The zero-order valence-electron chi connectivity index (χ0n) is 12.3. The van der Waals surface area contributed by atoms with Crippen molar-refractivity contribution in [1.82, 2.24) is 0 Å². The Bertz CT molecular complexity index is 551. The smallest absolute Gasteiger partial charge is 0.120 e. The highest BCUT2D eigenvalue weighted by Gasteiger charge is 2.10. The van der Waals surface area contributed by atoms with Gasteiger partial charge >= 0.3 is 0 Å². The van der Waals surface area contributed by atoms with Crippen LogP contribution in [0, 0.1) is 6.92 Å². The molecule has 3 nitrogen and oxygen atoms in total. The monoisotopic (exact) mass is 270 g/mol. The molecule has 0 aliphatic carbocycles. The van der Waals surface area contributed by atoms with Gasteiger partial charge in [-0.05, 0) is 24.6 Å². The molecule has 0 amide bonds. The lowest BCUT2D eigenvalue weighted by atomic mass is 10.1. The second-order valence-corrected chi connectivity index (χ2v) is 5.10. The molecule has 0 saturated heterocycles. The number of methoxy groups -OCH3 is 1. The van der Waals surface area contributed by atoms with Crippen LogP contribution in [0.3, 0.4) is 0 Å². The van der Waals surface area contributed by atoms with Gasteiger partial charge < -0.3 is 15.4 Å². The summed E-state index contributed by atoms with van der Waals surface area (Å²) in [7, 11) is 3.72. The third-order valence-electron chi connectivity index (χ3n) is 3.47. The molecule has 0 aliphatic heterocycles. The van der Waals surface area contributed by atoms with Gasteiger partial charge in [-0.15, -0.1) is 0 Å². The van der Waals surface area contributed by atoms with E-state index in [1.165, 1.54) is 5.56 Å². The predicted molar refractivity (Wildman–Crippen MR) is 84.4 cm³/mol. The van der Waals surface area contributed by atoms with E-state index in [2.05, 4.69) is 42.2 Å². The Morgan fingerprint density at radius 1 is 1.15 bits per heavy atom. The highest BCUT2D eigenvalue weighted by Crippen LogP contribution is 2.22. The normalized spacial score (nSPS) is 12.0.